The lowest BCUT2D eigenvalue weighted by molar-refractivity contribution is 0.321. The van der Waals surface area contributed by atoms with E-state index in [4.69, 9.17) is 34.7 Å². The van der Waals surface area contributed by atoms with Crippen molar-refractivity contribution in [3.63, 3.8) is 0 Å². The summed E-state index contributed by atoms with van der Waals surface area (Å²) in [7, 11) is 0. The number of rotatable bonds is 5. The van der Waals surface area contributed by atoms with E-state index in [0.29, 0.717) is 47.4 Å². The highest BCUT2D eigenvalue weighted by atomic mass is 35.5. The third-order valence-corrected chi connectivity index (χ3v) is 6.37. The molecule has 0 aliphatic carbocycles. The zero-order valence-corrected chi connectivity index (χ0v) is 22.6. The largest absolute Gasteiger partial charge is 0.398 e. The van der Waals surface area contributed by atoms with Gasteiger partial charge in [0.05, 0.1) is 10.7 Å². The third kappa shape index (κ3) is 7.18. The summed E-state index contributed by atoms with van der Waals surface area (Å²) in [4.78, 5) is 8.82. The van der Waals surface area contributed by atoms with E-state index in [-0.39, 0.29) is 5.02 Å². The number of nitrogens with zero attached hydrogens (tertiary/aromatic N) is 3. The van der Waals surface area contributed by atoms with Crippen molar-refractivity contribution < 1.29 is 4.39 Å². The molecule has 1 aromatic heterocycles. The summed E-state index contributed by atoms with van der Waals surface area (Å²) in [5.74, 6) is 0.942. The Hall–Kier alpha value is -2.64. The fourth-order valence-electron chi connectivity index (χ4n) is 3.87. The van der Waals surface area contributed by atoms with E-state index in [1.807, 2.05) is 44.7 Å². The van der Waals surface area contributed by atoms with E-state index in [1.165, 1.54) is 25.0 Å². The van der Waals surface area contributed by atoms with Gasteiger partial charge in [-0.3, -0.25) is 0 Å². The molecule has 0 bridgehead atoms. The fraction of sp³-hybridized carbons (Fsp3) is 0.423. The molecular formula is C26H37Cl2FN6. The van der Waals surface area contributed by atoms with Crippen LogP contribution in [-0.4, -0.2) is 36.1 Å². The SMILES string of the molecule is CC.CC.NC1=C(/C=C(\N)c2ccc(N3CCCC3)nc2)N(Cc2c(Cl)ccc(F)c2Cl)CCN1. The van der Waals surface area contributed by atoms with E-state index in [9.17, 15) is 4.39 Å². The number of nitrogens with one attached hydrogen (secondary N) is 1. The molecule has 4 rings (SSSR count). The Labute approximate surface area is 218 Å². The Bertz CT molecular complexity index is 1020. The van der Waals surface area contributed by atoms with E-state index in [0.717, 1.165) is 24.5 Å². The van der Waals surface area contributed by atoms with Gasteiger partial charge < -0.3 is 26.6 Å². The molecule has 1 saturated heterocycles. The van der Waals surface area contributed by atoms with Crippen LogP contribution in [0.1, 0.15) is 51.7 Å². The molecule has 0 saturated carbocycles. The van der Waals surface area contributed by atoms with Gasteiger partial charge in [0.2, 0.25) is 0 Å². The number of allylic oxidation sites excluding steroid dienone is 1. The van der Waals surface area contributed by atoms with Crippen LogP contribution in [0.2, 0.25) is 10.0 Å². The summed E-state index contributed by atoms with van der Waals surface area (Å²) in [6, 6.07) is 6.71. The van der Waals surface area contributed by atoms with Crippen LogP contribution in [0.5, 0.6) is 0 Å². The zero-order valence-electron chi connectivity index (χ0n) is 21.0. The van der Waals surface area contributed by atoms with Crippen LogP contribution in [0.15, 0.2) is 48.1 Å². The van der Waals surface area contributed by atoms with E-state index in [2.05, 4.69) is 15.2 Å². The van der Waals surface area contributed by atoms with Crippen LogP contribution in [0.4, 0.5) is 10.2 Å². The maximum absolute atomic E-state index is 14.0. The minimum atomic E-state index is -0.506. The van der Waals surface area contributed by atoms with Gasteiger partial charge in [-0.25, -0.2) is 9.37 Å². The lowest BCUT2D eigenvalue weighted by atomic mass is 10.1. The molecule has 0 atom stereocenters. The summed E-state index contributed by atoms with van der Waals surface area (Å²) in [5.41, 5.74) is 15.2. The van der Waals surface area contributed by atoms with Crippen LogP contribution < -0.4 is 21.7 Å². The quantitative estimate of drug-likeness (QED) is 0.436. The first-order valence-electron chi connectivity index (χ1n) is 12.2. The number of pyridine rings is 1. The molecule has 5 N–H and O–H groups in total. The summed E-state index contributed by atoms with van der Waals surface area (Å²) in [6.07, 6.45) is 5.97. The van der Waals surface area contributed by atoms with Crippen LogP contribution in [0.3, 0.4) is 0 Å². The maximum Gasteiger partial charge on any atom is 0.142 e. The van der Waals surface area contributed by atoms with Crippen molar-refractivity contribution in [2.24, 2.45) is 11.5 Å². The Kier molecular flexibility index (Phi) is 11.5. The first-order valence-corrected chi connectivity index (χ1v) is 13.0. The van der Waals surface area contributed by atoms with Gasteiger partial charge in [0.1, 0.15) is 17.5 Å². The summed E-state index contributed by atoms with van der Waals surface area (Å²) in [5, 5.41) is 3.57. The molecule has 2 aliphatic rings. The molecule has 0 amide bonds. The van der Waals surface area contributed by atoms with Crippen molar-refractivity contribution in [1.29, 1.82) is 0 Å². The number of anilines is 1. The fourth-order valence-corrected chi connectivity index (χ4v) is 4.36. The minimum Gasteiger partial charge on any atom is -0.398 e. The maximum atomic E-state index is 14.0. The standard InChI is InChI=1S/C22H25Cl2FN6.2C2H6/c23-16-4-5-17(25)21(24)15(16)13-31-10-7-28-22(27)19(31)11-18(26)14-3-6-20(29-12-14)30-8-1-2-9-30;2*1-2/h3-6,11-12,28H,1-2,7-10,13,26-27H2;2*1-2H3/b18-11-;;. The van der Waals surface area contributed by atoms with Crippen LogP contribution in [0.25, 0.3) is 5.70 Å². The van der Waals surface area contributed by atoms with Crippen molar-refractivity contribution in [3.05, 3.63) is 75.0 Å². The Morgan fingerprint density at radius 1 is 1.09 bits per heavy atom. The second-order valence-electron chi connectivity index (χ2n) is 7.67. The molecule has 192 valence electrons. The molecule has 1 fully saturated rings. The predicted octanol–water partition coefficient (Wildman–Crippen LogP) is 5.71. The van der Waals surface area contributed by atoms with Gasteiger partial charge in [0.25, 0.3) is 0 Å². The highest BCUT2D eigenvalue weighted by molar-refractivity contribution is 6.36. The topological polar surface area (TPSA) is 83.4 Å². The van der Waals surface area contributed by atoms with Crippen LogP contribution in [0, 0.1) is 5.82 Å². The smallest absolute Gasteiger partial charge is 0.142 e. The second-order valence-corrected chi connectivity index (χ2v) is 8.45. The number of nitrogens with two attached hydrogens (primary N) is 2. The first-order chi connectivity index (χ1) is 16.9. The molecule has 2 aliphatic heterocycles. The third-order valence-electron chi connectivity index (χ3n) is 5.61. The van der Waals surface area contributed by atoms with Crippen molar-refractivity contribution in [2.75, 3.05) is 31.1 Å². The van der Waals surface area contributed by atoms with Crippen molar-refractivity contribution in [1.82, 2.24) is 15.2 Å². The number of benzene rings is 1. The average Bonchev–Trinajstić information content (AvgIpc) is 3.44. The summed E-state index contributed by atoms with van der Waals surface area (Å²) in [6.45, 7) is 11.7. The molecule has 0 spiro atoms. The Morgan fingerprint density at radius 2 is 1.77 bits per heavy atom. The van der Waals surface area contributed by atoms with Gasteiger partial charge in [-0.05, 0) is 43.2 Å². The molecule has 9 heteroatoms. The van der Waals surface area contributed by atoms with Gasteiger partial charge in [-0.2, -0.15) is 0 Å². The lowest BCUT2D eigenvalue weighted by Crippen LogP contribution is -2.41. The Morgan fingerprint density at radius 3 is 2.40 bits per heavy atom. The van der Waals surface area contributed by atoms with Crippen molar-refractivity contribution >= 4 is 34.7 Å². The number of hydrogen-bond donors (Lipinski definition) is 3. The first kappa shape index (κ1) is 28.6. The van der Waals surface area contributed by atoms with E-state index < -0.39 is 5.82 Å². The Balaban J connectivity index is 0.00000103. The van der Waals surface area contributed by atoms with Crippen LogP contribution in [-0.2, 0) is 6.54 Å². The van der Waals surface area contributed by atoms with E-state index >= 15 is 0 Å². The van der Waals surface area contributed by atoms with Gasteiger partial charge in [0, 0.05) is 60.8 Å². The van der Waals surface area contributed by atoms with Gasteiger partial charge in [-0.15, -0.1) is 0 Å². The van der Waals surface area contributed by atoms with Crippen molar-refractivity contribution in [2.45, 2.75) is 47.1 Å². The number of halogens is 3. The van der Waals surface area contributed by atoms with Crippen molar-refractivity contribution in [3.8, 4) is 0 Å². The molecular weight excluding hydrogens is 486 g/mol. The number of hydrogen-bond acceptors (Lipinski definition) is 6. The second kappa shape index (κ2) is 14.0. The molecule has 6 nitrogen and oxygen atoms in total. The van der Waals surface area contributed by atoms with Gasteiger partial charge >= 0.3 is 0 Å². The van der Waals surface area contributed by atoms with Crippen LogP contribution >= 0.6 is 23.2 Å². The average molecular weight is 524 g/mol. The predicted molar refractivity (Wildman–Crippen MR) is 147 cm³/mol. The zero-order chi connectivity index (χ0) is 26.0. The number of aromatic nitrogens is 1. The molecule has 2 aromatic rings. The molecule has 35 heavy (non-hydrogen) atoms. The van der Waals surface area contributed by atoms with E-state index in [1.54, 1.807) is 12.3 Å². The minimum absolute atomic E-state index is 0.0163. The monoisotopic (exact) mass is 522 g/mol. The molecule has 1 aromatic carbocycles. The molecule has 3 heterocycles. The highest BCUT2D eigenvalue weighted by Gasteiger charge is 2.21. The van der Waals surface area contributed by atoms with Gasteiger partial charge in [0.15, 0.2) is 0 Å². The lowest BCUT2D eigenvalue weighted by Gasteiger charge is -2.32. The summed E-state index contributed by atoms with van der Waals surface area (Å²) >= 11 is 12.5. The molecule has 0 radical (unpaired) electrons. The van der Waals surface area contributed by atoms with Gasteiger partial charge in [-0.1, -0.05) is 50.9 Å². The molecule has 0 unspecified atom stereocenters. The summed E-state index contributed by atoms with van der Waals surface area (Å²) < 4.78 is 14.0. The normalized spacial score (nSPS) is 15.7. The highest BCUT2D eigenvalue weighted by Crippen LogP contribution is 2.30.